The maximum absolute atomic E-state index is 12.6. The van der Waals surface area contributed by atoms with E-state index in [9.17, 15) is 4.79 Å². The summed E-state index contributed by atoms with van der Waals surface area (Å²) in [4.78, 5) is 16.9. The number of hydrogen-bond donors (Lipinski definition) is 1. The van der Waals surface area contributed by atoms with Crippen molar-refractivity contribution in [2.45, 2.75) is 27.2 Å². The molecule has 0 aromatic heterocycles. The lowest BCUT2D eigenvalue weighted by Gasteiger charge is -2.36. The summed E-state index contributed by atoms with van der Waals surface area (Å²) >= 11 is 0. The van der Waals surface area contributed by atoms with Crippen molar-refractivity contribution < 1.29 is 9.53 Å². The Morgan fingerprint density at radius 2 is 1.68 bits per heavy atom. The predicted octanol–water partition coefficient (Wildman–Crippen LogP) is 3.77. The van der Waals surface area contributed by atoms with Crippen molar-refractivity contribution in [3.05, 3.63) is 53.1 Å². The van der Waals surface area contributed by atoms with E-state index in [1.807, 2.05) is 23.1 Å². The molecule has 0 bridgehead atoms. The second-order valence-electron chi connectivity index (χ2n) is 7.49. The van der Waals surface area contributed by atoms with Gasteiger partial charge < -0.3 is 19.9 Å². The molecule has 0 spiro atoms. The fourth-order valence-electron chi connectivity index (χ4n) is 4.00. The molecular weight excluding hydrogens is 350 g/mol. The first-order chi connectivity index (χ1) is 13.5. The number of rotatable bonds is 6. The highest BCUT2D eigenvalue weighted by atomic mass is 16.5. The molecule has 150 valence electrons. The molecule has 5 heteroatoms. The van der Waals surface area contributed by atoms with Crippen LogP contribution in [0.15, 0.2) is 36.4 Å². The molecular formula is C23H31N3O2. The molecule has 2 aromatic carbocycles. The highest BCUT2D eigenvalue weighted by Crippen LogP contribution is 2.28. The molecule has 1 saturated heterocycles. The fraction of sp³-hybridized carbons (Fsp3) is 0.435. The minimum absolute atomic E-state index is 0.217. The summed E-state index contributed by atoms with van der Waals surface area (Å²) in [6, 6.07) is 12.4. The molecule has 1 aliphatic rings. The Bertz CT molecular complexity index is 803. The number of nitrogens with zero attached hydrogens (tertiary/aromatic N) is 2. The molecule has 0 saturated carbocycles. The van der Waals surface area contributed by atoms with Gasteiger partial charge in [-0.15, -0.1) is 0 Å². The standard InChI is InChI=1S/C23H31N3O2/c1-17-15-18(2)23(19(3)16-17)24-10-9-22(27)26-13-11-25(12-14-26)20-7-5-6-8-21(20)28-4/h5-8,15-16,24H,9-14H2,1-4H3. The van der Waals surface area contributed by atoms with Crippen LogP contribution in [0.3, 0.4) is 0 Å². The number of anilines is 2. The van der Waals surface area contributed by atoms with Crippen LogP contribution in [0.25, 0.3) is 0 Å². The van der Waals surface area contributed by atoms with Gasteiger partial charge in [0.15, 0.2) is 0 Å². The van der Waals surface area contributed by atoms with E-state index in [-0.39, 0.29) is 5.91 Å². The van der Waals surface area contributed by atoms with Gasteiger partial charge in [-0.2, -0.15) is 0 Å². The second kappa shape index (κ2) is 9.00. The minimum atomic E-state index is 0.217. The number of carbonyl (C=O) groups excluding carboxylic acids is 1. The van der Waals surface area contributed by atoms with Gasteiger partial charge in [0, 0.05) is 44.8 Å². The molecule has 1 N–H and O–H groups in total. The van der Waals surface area contributed by atoms with Gasteiger partial charge in [0.1, 0.15) is 5.75 Å². The summed E-state index contributed by atoms with van der Waals surface area (Å²) in [5, 5.41) is 3.45. The van der Waals surface area contributed by atoms with Crippen molar-refractivity contribution in [1.29, 1.82) is 0 Å². The number of methoxy groups -OCH3 is 1. The number of amides is 1. The third-order valence-corrected chi connectivity index (χ3v) is 5.38. The zero-order valence-electron chi connectivity index (χ0n) is 17.4. The minimum Gasteiger partial charge on any atom is -0.495 e. The quantitative estimate of drug-likeness (QED) is 0.827. The van der Waals surface area contributed by atoms with E-state index >= 15 is 0 Å². The maximum atomic E-state index is 12.6. The van der Waals surface area contributed by atoms with Crippen molar-refractivity contribution in [3.8, 4) is 5.75 Å². The van der Waals surface area contributed by atoms with Gasteiger partial charge in [0.2, 0.25) is 5.91 Å². The van der Waals surface area contributed by atoms with Gasteiger partial charge >= 0.3 is 0 Å². The van der Waals surface area contributed by atoms with Crippen molar-refractivity contribution in [1.82, 2.24) is 4.90 Å². The third-order valence-electron chi connectivity index (χ3n) is 5.38. The van der Waals surface area contributed by atoms with Crippen LogP contribution in [0.4, 0.5) is 11.4 Å². The number of para-hydroxylation sites is 2. The highest BCUT2D eigenvalue weighted by molar-refractivity contribution is 5.77. The van der Waals surface area contributed by atoms with Crippen molar-refractivity contribution in [2.24, 2.45) is 0 Å². The number of benzene rings is 2. The number of carbonyl (C=O) groups is 1. The average molecular weight is 382 g/mol. The monoisotopic (exact) mass is 381 g/mol. The molecule has 3 rings (SSSR count). The Labute approximate surface area is 168 Å². The Balaban J connectivity index is 1.49. The van der Waals surface area contributed by atoms with E-state index in [0.717, 1.165) is 43.3 Å². The van der Waals surface area contributed by atoms with Crippen molar-refractivity contribution in [3.63, 3.8) is 0 Å². The van der Waals surface area contributed by atoms with Crippen LogP contribution in [0, 0.1) is 20.8 Å². The zero-order valence-corrected chi connectivity index (χ0v) is 17.4. The maximum Gasteiger partial charge on any atom is 0.224 e. The van der Waals surface area contributed by atoms with Crippen LogP contribution in [0.2, 0.25) is 0 Å². The van der Waals surface area contributed by atoms with Crippen LogP contribution < -0.4 is 15.0 Å². The molecule has 1 aliphatic heterocycles. The first-order valence-electron chi connectivity index (χ1n) is 9.97. The molecule has 0 radical (unpaired) electrons. The van der Waals surface area contributed by atoms with Crippen LogP contribution in [0.1, 0.15) is 23.1 Å². The van der Waals surface area contributed by atoms with E-state index in [4.69, 9.17) is 4.74 Å². The topological polar surface area (TPSA) is 44.8 Å². The van der Waals surface area contributed by atoms with Crippen LogP contribution >= 0.6 is 0 Å². The van der Waals surface area contributed by atoms with E-state index < -0.39 is 0 Å². The van der Waals surface area contributed by atoms with E-state index in [0.29, 0.717) is 13.0 Å². The zero-order chi connectivity index (χ0) is 20.1. The smallest absolute Gasteiger partial charge is 0.224 e. The third kappa shape index (κ3) is 4.58. The summed E-state index contributed by atoms with van der Waals surface area (Å²) in [6.07, 6.45) is 0.515. The number of hydrogen-bond acceptors (Lipinski definition) is 4. The largest absolute Gasteiger partial charge is 0.495 e. The fourth-order valence-corrected chi connectivity index (χ4v) is 4.00. The highest BCUT2D eigenvalue weighted by Gasteiger charge is 2.22. The summed E-state index contributed by atoms with van der Waals surface area (Å²) in [5.74, 6) is 1.10. The summed E-state index contributed by atoms with van der Waals surface area (Å²) in [5.41, 5.74) is 5.98. The van der Waals surface area contributed by atoms with Crippen molar-refractivity contribution in [2.75, 3.05) is 50.1 Å². The van der Waals surface area contributed by atoms with Crippen LogP contribution in [-0.2, 0) is 4.79 Å². The Morgan fingerprint density at radius 3 is 2.32 bits per heavy atom. The van der Waals surface area contributed by atoms with Gasteiger partial charge in [-0.05, 0) is 44.0 Å². The van der Waals surface area contributed by atoms with E-state index in [1.54, 1.807) is 7.11 Å². The summed E-state index contributed by atoms with van der Waals surface area (Å²) < 4.78 is 5.46. The predicted molar refractivity (Wildman–Crippen MR) is 116 cm³/mol. The van der Waals surface area contributed by atoms with Crippen molar-refractivity contribution >= 4 is 17.3 Å². The Kier molecular flexibility index (Phi) is 6.45. The molecule has 0 atom stereocenters. The Morgan fingerprint density at radius 1 is 1.04 bits per heavy atom. The first kappa shape index (κ1) is 20.1. The number of ether oxygens (including phenoxy) is 1. The molecule has 1 fully saturated rings. The van der Waals surface area contributed by atoms with Gasteiger partial charge in [0.25, 0.3) is 0 Å². The van der Waals surface area contributed by atoms with Gasteiger partial charge in [-0.3, -0.25) is 4.79 Å². The van der Waals surface area contributed by atoms with E-state index in [1.165, 1.54) is 16.7 Å². The molecule has 28 heavy (non-hydrogen) atoms. The lowest BCUT2D eigenvalue weighted by molar-refractivity contribution is -0.131. The first-order valence-corrected chi connectivity index (χ1v) is 9.97. The SMILES string of the molecule is COc1ccccc1N1CCN(C(=O)CCNc2c(C)cc(C)cc2C)CC1. The summed E-state index contributed by atoms with van der Waals surface area (Å²) in [6.45, 7) is 10.2. The summed E-state index contributed by atoms with van der Waals surface area (Å²) in [7, 11) is 1.70. The molecule has 0 aliphatic carbocycles. The van der Waals surface area contributed by atoms with Gasteiger partial charge in [-0.1, -0.05) is 29.8 Å². The van der Waals surface area contributed by atoms with Crippen LogP contribution in [0.5, 0.6) is 5.75 Å². The molecule has 1 amide bonds. The molecule has 0 unspecified atom stereocenters. The number of aryl methyl sites for hydroxylation is 3. The van der Waals surface area contributed by atoms with Gasteiger partial charge in [-0.25, -0.2) is 0 Å². The number of piperazine rings is 1. The Hall–Kier alpha value is -2.69. The molecule has 1 heterocycles. The average Bonchev–Trinajstić information content (AvgIpc) is 2.70. The molecule has 5 nitrogen and oxygen atoms in total. The van der Waals surface area contributed by atoms with Crippen LogP contribution in [-0.4, -0.2) is 50.6 Å². The van der Waals surface area contributed by atoms with E-state index in [2.05, 4.69) is 49.2 Å². The lowest BCUT2D eigenvalue weighted by Crippen LogP contribution is -2.49. The van der Waals surface area contributed by atoms with Gasteiger partial charge in [0.05, 0.1) is 12.8 Å². The number of nitrogens with one attached hydrogen (secondary N) is 1. The molecule has 2 aromatic rings. The normalized spacial score (nSPS) is 14.1. The second-order valence-corrected chi connectivity index (χ2v) is 7.49. The lowest BCUT2D eigenvalue weighted by atomic mass is 10.1.